The number of hydrogen-bond acceptors (Lipinski definition) is 5. The van der Waals surface area contributed by atoms with Crippen molar-refractivity contribution in [1.82, 2.24) is 14.7 Å². The molecule has 3 aromatic carbocycles. The molecule has 2 aliphatic heterocycles. The lowest BCUT2D eigenvalue weighted by Crippen LogP contribution is -2.63. The van der Waals surface area contributed by atoms with E-state index in [9.17, 15) is 19.2 Å². The second kappa shape index (κ2) is 16.3. The van der Waals surface area contributed by atoms with Crippen LogP contribution in [0.1, 0.15) is 48.3 Å². The zero-order valence-corrected chi connectivity index (χ0v) is 27.7. The molecule has 0 aromatic heterocycles. The molecule has 5 rings (SSSR count). The van der Waals surface area contributed by atoms with Gasteiger partial charge in [-0.05, 0) is 48.1 Å². The average molecular weight is 680 g/mol. The fourth-order valence-corrected chi connectivity index (χ4v) is 6.86. The fraction of sp³-hybridized carbons (Fsp3) is 0.389. The van der Waals surface area contributed by atoms with E-state index in [-0.39, 0.29) is 56.9 Å². The van der Waals surface area contributed by atoms with Crippen LogP contribution in [0, 0.1) is 0 Å². The Morgan fingerprint density at radius 2 is 1.60 bits per heavy atom. The van der Waals surface area contributed by atoms with Gasteiger partial charge in [0.2, 0.25) is 23.6 Å². The largest absolute Gasteiger partial charge is 0.376 e. The summed E-state index contributed by atoms with van der Waals surface area (Å²) < 4.78 is 5.71. The summed E-state index contributed by atoms with van der Waals surface area (Å²) in [6.07, 6.45) is 1.88. The Balaban J connectivity index is 1.40. The van der Waals surface area contributed by atoms with Crippen LogP contribution in [0.5, 0.6) is 0 Å². The van der Waals surface area contributed by atoms with Crippen LogP contribution in [0.2, 0.25) is 5.02 Å². The summed E-state index contributed by atoms with van der Waals surface area (Å²) >= 11 is 12.8. The van der Waals surface area contributed by atoms with Crippen molar-refractivity contribution in [3.05, 3.63) is 107 Å². The van der Waals surface area contributed by atoms with Crippen LogP contribution in [0.4, 0.5) is 0 Å². The van der Waals surface area contributed by atoms with Crippen molar-refractivity contribution in [2.75, 3.05) is 32.8 Å². The smallest absolute Gasteiger partial charge is 0.247 e. The molecule has 0 spiro atoms. The third-order valence-corrected chi connectivity index (χ3v) is 9.45. The third kappa shape index (κ3) is 9.12. The Labute approximate surface area is 285 Å². The maximum absolute atomic E-state index is 14.2. The van der Waals surface area contributed by atoms with Gasteiger partial charge in [-0.1, -0.05) is 96.0 Å². The summed E-state index contributed by atoms with van der Waals surface area (Å²) in [5, 5.41) is 0.575. The molecular weight excluding hydrogens is 639 g/mol. The van der Waals surface area contributed by atoms with Crippen molar-refractivity contribution >= 4 is 46.8 Å². The van der Waals surface area contributed by atoms with Crippen LogP contribution in [0.25, 0.3) is 0 Å². The molecule has 2 heterocycles. The first kappa shape index (κ1) is 34.4. The van der Waals surface area contributed by atoms with Crippen molar-refractivity contribution in [3.8, 4) is 0 Å². The molecular formula is C36H40Cl2N4O5. The second-order valence-electron chi connectivity index (χ2n) is 12.1. The van der Waals surface area contributed by atoms with Gasteiger partial charge in [-0.25, -0.2) is 0 Å². The first-order valence-electron chi connectivity index (χ1n) is 16.0. The van der Waals surface area contributed by atoms with Gasteiger partial charge in [0.15, 0.2) is 0 Å². The highest BCUT2D eigenvalue weighted by Gasteiger charge is 2.43. The van der Waals surface area contributed by atoms with Gasteiger partial charge in [0, 0.05) is 37.1 Å². The van der Waals surface area contributed by atoms with Crippen LogP contribution < -0.4 is 5.73 Å². The average Bonchev–Trinajstić information content (AvgIpc) is 3.58. The molecule has 0 aliphatic carbocycles. The van der Waals surface area contributed by atoms with E-state index >= 15 is 0 Å². The van der Waals surface area contributed by atoms with E-state index < -0.39 is 29.3 Å². The van der Waals surface area contributed by atoms with Gasteiger partial charge in [-0.15, -0.1) is 0 Å². The predicted octanol–water partition coefficient (Wildman–Crippen LogP) is 4.59. The second-order valence-corrected chi connectivity index (χ2v) is 13.0. The molecule has 47 heavy (non-hydrogen) atoms. The third-order valence-electron chi connectivity index (χ3n) is 8.80. The number of amides is 4. The Morgan fingerprint density at radius 3 is 2.17 bits per heavy atom. The highest BCUT2D eigenvalue weighted by molar-refractivity contribution is 6.30. The molecule has 3 atom stereocenters. The summed E-state index contributed by atoms with van der Waals surface area (Å²) in [4.78, 5) is 58.1. The lowest BCUT2D eigenvalue weighted by Gasteiger charge is -2.42. The van der Waals surface area contributed by atoms with E-state index in [0.717, 1.165) is 29.5 Å². The summed E-state index contributed by atoms with van der Waals surface area (Å²) in [7, 11) is 0. The highest BCUT2D eigenvalue weighted by Crippen LogP contribution is 2.30. The fourth-order valence-electron chi connectivity index (χ4n) is 6.39. The normalized spacial score (nSPS) is 18.9. The van der Waals surface area contributed by atoms with E-state index in [2.05, 4.69) is 0 Å². The Bertz CT molecular complexity index is 1480. The molecule has 2 aliphatic rings. The van der Waals surface area contributed by atoms with Gasteiger partial charge >= 0.3 is 0 Å². The minimum absolute atomic E-state index is 0.0498. The number of primary amides is 1. The molecule has 9 nitrogen and oxygen atoms in total. The molecule has 11 heteroatoms. The predicted molar refractivity (Wildman–Crippen MR) is 181 cm³/mol. The van der Waals surface area contributed by atoms with Gasteiger partial charge in [0.05, 0.1) is 19.1 Å². The first-order valence-corrected chi connectivity index (χ1v) is 16.8. The number of hydrogen-bond donors (Lipinski definition) is 1. The van der Waals surface area contributed by atoms with Gasteiger partial charge in [-0.3, -0.25) is 19.2 Å². The molecule has 4 amide bonds. The molecule has 0 radical (unpaired) electrons. The van der Waals surface area contributed by atoms with Gasteiger partial charge in [0.25, 0.3) is 0 Å². The number of piperazine rings is 1. The molecule has 2 saturated heterocycles. The number of nitrogens with two attached hydrogens (primary N) is 1. The number of ether oxygens (including phenoxy) is 1. The molecule has 2 fully saturated rings. The number of benzene rings is 3. The summed E-state index contributed by atoms with van der Waals surface area (Å²) in [5.74, 6) is -1.89. The van der Waals surface area contributed by atoms with E-state index in [0.29, 0.717) is 18.1 Å². The van der Waals surface area contributed by atoms with E-state index in [1.54, 1.807) is 12.1 Å². The van der Waals surface area contributed by atoms with Crippen molar-refractivity contribution in [2.45, 2.75) is 55.7 Å². The Morgan fingerprint density at radius 1 is 0.957 bits per heavy atom. The molecule has 248 valence electrons. The maximum atomic E-state index is 14.2. The van der Waals surface area contributed by atoms with Gasteiger partial charge in [0.1, 0.15) is 18.1 Å². The lowest BCUT2D eigenvalue weighted by molar-refractivity contribution is -0.159. The van der Waals surface area contributed by atoms with E-state index in [4.69, 9.17) is 33.7 Å². The Hall–Kier alpha value is -3.92. The van der Waals surface area contributed by atoms with Crippen molar-refractivity contribution in [2.24, 2.45) is 5.73 Å². The van der Waals surface area contributed by atoms with Crippen LogP contribution in [0.15, 0.2) is 84.9 Å². The number of halogens is 2. The zero-order chi connectivity index (χ0) is 33.3. The monoisotopic (exact) mass is 678 g/mol. The van der Waals surface area contributed by atoms with E-state index in [1.807, 2.05) is 72.8 Å². The number of carbonyl (C=O) groups is 4. The van der Waals surface area contributed by atoms with Gasteiger partial charge in [-0.2, -0.15) is 0 Å². The number of nitrogens with zero attached hydrogens (tertiary/aromatic N) is 3. The first-order chi connectivity index (χ1) is 22.7. The van der Waals surface area contributed by atoms with E-state index in [1.165, 1.54) is 14.7 Å². The number of rotatable bonds is 14. The molecule has 3 aromatic rings. The molecule has 0 saturated carbocycles. The quantitative estimate of drug-likeness (QED) is 0.198. The minimum atomic E-state index is -1.11. The van der Waals surface area contributed by atoms with Crippen LogP contribution in [0.3, 0.4) is 0 Å². The highest BCUT2D eigenvalue weighted by atomic mass is 35.5. The van der Waals surface area contributed by atoms with Gasteiger partial charge < -0.3 is 25.2 Å². The Kier molecular flexibility index (Phi) is 11.9. The number of carbonyl (C=O) groups excluding carboxylic acids is 4. The van der Waals surface area contributed by atoms with Crippen LogP contribution in [-0.4, -0.2) is 88.8 Å². The standard InChI is InChI=1S/C36H40Cl2N4O5/c37-28-15-13-25(14-16-28)20-32(38)42-24-35(45)41(18-17-30(26-8-3-1-4-9-26)27-10-5-2-6-11-27)31(36(42)46)21-34(44)40(23-33(39)43)22-29-12-7-19-47-29/h1-6,8-11,13-16,29-32H,7,12,17-24H2,(H2,39,43). The number of alkyl halides is 1. The van der Waals surface area contributed by atoms with Crippen molar-refractivity contribution in [1.29, 1.82) is 0 Å². The molecule has 2 N–H and O–H groups in total. The summed E-state index contributed by atoms with van der Waals surface area (Å²) in [6.45, 7) is 0.468. The molecule has 0 bridgehead atoms. The lowest BCUT2D eigenvalue weighted by atomic mass is 9.88. The zero-order valence-electron chi connectivity index (χ0n) is 26.2. The minimum Gasteiger partial charge on any atom is -0.376 e. The summed E-state index contributed by atoms with van der Waals surface area (Å²) in [6, 6.07) is 26.0. The van der Waals surface area contributed by atoms with Crippen molar-refractivity contribution < 1.29 is 23.9 Å². The topological polar surface area (TPSA) is 113 Å². The van der Waals surface area contributed by atoms with Crippen LogP contribution in [-0.2, 0) is 30.3 Å². The molecule has 3 unspecified atom stereocenters. The van der Waals surface area contributed by atoms with Crippen LogP contribution >= 0.6 is 23.2 Å². The SMILES string of the molecule is NC(=O)CN(CC1CCCO1)C(=O)CC1C(=O)N(C(Cl)Cc2ccc(Cl)cc2)CC(=O)N1CCC(c1ccccc1)c1ccccc1. The summed E-state index contributed by atoms with van der Waals surface area (Å²) in [5.41, 5.74) is 7.69. The maximum Gasteiger partial charge on any atom is 0.247 e. The van der Waals surface area contributed by atoms with Crippen molar-refractivity contribution in [3.63, 3.8) is 0 Å².